The quantitative estimate of drug-likeness (QED) is 0.559. The fourth-order valence-electron chi connectivity index (χ4n) is 1.54. The molecule has 0 saturated heterocycles. The second-order valence-electron chi connectivity index (χ2n) is 3.78. The molecule has 1 aromatic heterocycles. The van der Waals surface area contributed by atoms with Crippen molar-refractivity contribution in [3.05, 3.63) is 35.9 Å². The number of aromatic amines is 1. The lowest BCUT2D eigenvalue weighted by Gasteiger charge is -2.09. The number of nitrogen functional groups attached to an aromatic ring is 1. The van der Waals surface area contributed by atoms with Crippen LogP contribution in [0.4, 0.5) is 11.4 Å². The molecule has 1 aromatic carbocycles. The van der Waals surface area contributed by atoms with E-state index in [0.717, 1.165) is 11.5 Å². The van der Waals surface area contributed by atoms with Crippen LogP contribution in [-0.4, -0.2) is 27.6 Å². The van der Waals surface area contributed by atoms with Crippen LogP contribution in [-0.2, 0) is 6.42 Å². The van der Waals surface area contributed by atoms with Crippen molar-refractivity contribution in [1.82, 2.24) is 15.2 Å². The zero-order valence-electron chi connectivity index (χ0n) is 9.68. The number of anilines is 2. The zero-order chi connectivity index (χ0) is 13.0. The van der Waals surface area contributed by atoms with Gasteiger partial charge in [0, 0.05) is 18.5 Å². The summed E-state index contributed by atoms with van der Waals surface area (Å²) in [5, 5.41) is 9.68. The maximum Gasteiger partial charge on any atom is 0.248 e. The van der Waals surface area contributed by atoms with Gasteiger partial charge in [0.2, 0.25) is 5.91 Å². The van der Waals surface area contributed by atoms with Crippen molar-refractivity contribution in [2.75, 3.05) is 17.6 Å². The molecule has 0 unspecified atom stereocenters. The van der Waals surface area contributed by atoms with Gasteiger partial charge >= 0.3 is 0 Å². The number of rotatable bonds is 5. The van der Waals surface area contributed by atoms with E-state index in [1.165, 1.54) is 6.33 Å². The summed E-state index contributed by atoms with van der Waals surface area (Å²) in [4.78, 5) is 15.0. The van der Waals surface area contributed by atoms with Crippen molar-refractivity contribution >= 4 is 17.3 Å². The molecule has 6 N–H and O–H groups in total. The summed E-state index contributed by atoms with van der Waals surface area (Å²) in [6.45, 7) is 0.662. The summed E-state index contributed by atoms with van der Waals surface area (Å²) >= 11 is 0. The van der Waals surface area contributed by atoms with Crippen LogP contribution in [0.1, 0.15) is 16.2 Å². The number of nitrogens with zero attached hydrogens (tertiary/aromatic N) is 2. The third-order valence-corrected chi connectivity index (χ3v) is 2.48. The Bertz CT molecular complexity index is 536. The van der Waals surface area contributed by atoms with Gasteiger partial charge in [0.25, 0.3) is 0 Å². The molecule has 0 bridgehead atoms. The normalized spacial score (nSPS) is 10.2. The summed E-state index contributed by atoms with van der Waals surface area (Å²) in [5.41, 5.74) is 12.6. The molecule has 7 heteroatoms. The second-order valence-corrected chi connectivity index (χ2v) is 3.78. The number of carbonyl (C=O) groups is 1. The maximum atomic E-state index is 11.0. The molecule has 0 aliphatic rings. The van der Waals surface area contributed by atoms with Gasteiger partial charge in [0.05, 0.1) is 11.4 Å². The monoisotopic (exact) mass is 246 g/mol. The van der Waals surface area contributed by atoms with E-state index in [2.05, 4.69) is 20.5 Å². The van der Waals surface area contributed by atoms with Gasteiger partial charge in [0.1, 0.15) is 12.2 Å². The first-order chi connectivity index (χ1) is 8.66. The first kappa shape index (κ1) is 11.9. The van der Waals surface area contributed by atoms with Gasteiger partial charge in [-0.3, -0.25) is 9.89 Å². The minimum atomic E-state index is -0.491. The third-order valence-electron chi connectivity index (χ3n) is 2.48. The van der Waals surface area contributed by atoms with Crippen LogP contribution in [0, 0.1) is 0 Å². The van der Waals surface area contributed by atoms with E-state index in [4.69, 9.17) is 11.5 Å². The van der Waals surface area contributed by atoms with Crippen LogP contribution in [0.5, 0.6) is 0 Å². The summed E-state index contributed by atoms with van der Waals surface area (Å²) in [6, 6.07) is 4.92. The van der Waals surface area contributed by atoms with E-state index in [1.807, 2.05) is 0 Å². The smallest absolute Gasteiger partial charge is 0.248 e. The summed E-state index contributed by atoms with van der Waals surface area (Å²) in [6.07, 6.45) is 2.17. The molecule has 0 fully saturated rings. The molecular weight excluding hydrogens is 232 g/mol. The Morgan fingerprint density at radius 3 is 2.89 bits per heavy atom. The van der Waals surface area contributed by atoms with E-state index in [1.54, 1.807) is 18.2 Å². The van der Waals surface area contributed by atoms with Crippen molar-refractivity contribution in [2.45, 2.75) is 6.42 Å². The topological polar surface area (TPSA) is 123 Å². The molecule has 0 spiro atoms. The van der Waals surface area contributed by atoms with Crippen molar-refractivity contribution in [1.29, 1.82) is 0 Å². The Morgan fingerprint density at radius 2 is 2.28 bits per heavy atom. The lowest BCUT2D eigenvalue weighted by Crippen LogP contribution is -2.12. The van der Waals surface area contributed by atoms with Crippen LogP contribution in [0.3, 0.4) is 0 Å². The first-order valence-electron chi connectivity index (χ1n) is 5.44. The number of nitrogens with one attached hydrogen (secondary N) is 2. The predicted molar refractivity (Wildman–Crippen MR) is 67.9 cm³/mol. The van der Waals surface area contributed by atoms with E-state index in [-0.39, 0.29) is 0 Å². The van der Waals surface area contributed by atoms with Crippen molar-refractivity contribution < 1.29 is 4.79 Å². The van der Waals surface area contributed by atoms with Crippen LogP contribution < -0.4 is 16.8 Å². The maximum absolute atomic E-state index is 11.0. The van der Waals surface area contributed by atoms with E-state index in [9.17, 15) is 4.79 Å². The molecule has 94 valence electrons. The fourth-order valence-corrected chi connectivity index (χ4v) is 1.54. The standard InChI is InChI=1S/C11H14N6O/c12-8-5-7(11(13)18)1-2-9(8)14-4-3-10-15-6-16-17-10/h1-2,5-6,14H,3-4,12H2,(H2,13,18)(H,15,16,17). The average Bonchev–Trinajstić information content (AvgIpc) is 2.84. The number of benzene rings is 1. The predicted octanol–water partition coefficient (Wildman–Crippen LogP) is 0.140. The fraction of sp³-hybridized carbons (Fsp3) is 0.182. The molecule has 2 aromatic rings. The highest BCUT2D eigenvalue weighted by Crippen LogP contribution is 2.19. The number of aromatic nitrogens is 3. The first-order valence-corrected chi connectivity index (χ1v) is 5.44. The number of carbonyl (C=O) groups excluding carboxylic acids is 1. The van der Waals surface area contributed by atoms with Crippen LogP contribution >= 0.6 is 0 Å². The largest absolute Gasteiger partial charge is 0.397 e. The molecule has 0 aliphatic heterocycles. The van der Waals surface area contributed by atoms with E-state index >= 15 is 0 Å². The molecule has 18 heavy (non-hydrogen) atoms. The van der Waals surface area contributed by atoms with Crippen molar-refractivity contribution in [3.8, 4) is 0 Å². The summed E-state index contributed by atoms with van der Waals surface area (Å²) < 4.78 is 0. The Kier molecular flexibility index (Phi) is 3.42. The zero-order valence-corrected chi connectivity index (χ0v) is 9.68. The van der Waals surface area contributed by atoms with Crippen LogP contribution in [0.15, 0.2) is 24.5 Å². The Balaban J connectivity index is 1.95. The van der Waals surface area contributed by atoms with E-state index in [0.29, 0.717) is 24.2 Å². The number of amides is 1. The highest BCUT2D eigenvalue weighted by Gasteiger charge is 2.04. The van der Waals surface area contributed by atoms with Gasteiger partial charge in [0.15, 0.2) is 0 Å². The molecule has 0 saturated carbocycles. The molecule has 0 radical (unpaired) electrons. The third kappa shape index (κ3) is 2.76. The molecular formula is C11H14N6O. The molecule has 0 aliphatic carbocycles. The summed E-state index contributed by atoms with van der Waals surface area (Å²) in [7, 11) is 0. The highest BCUT2D eigenvalue weighted by molar-refractivity contribution is 5.94. The Labute approximate surface area is 104 Å². The summed E-state index contributed by atoms with van der Waals surface area (Å²) in [5.74, 6) is 0.310. The van der Waals surface area contributed by atoms with Gasteiger partial charge in [-0.25, -0.2) is 4.98 Å². The SMILES string of the molecule is NC(=O)c1ccc(NCCc2ncn[nH]2)c(N)c1. The second kappa shape index (κ2) is 5.17. The molecule has 7 nitrogen and oxygen atoms in total. The van der Waals surface area contributed by atoms with Crippen molar-refractivity contribution in [3.63, 3.8) is 0 Å². The van der Waals surface area contributed by atoms with Gasteiger partial charge in [-0.15, -0.1) is 0 Å². The number of hydrogen-bond donors (Lipinski definition) is 4. The number of hydrogen-bond acceptors (Lipinski definition) is 5. The Hall–Kier alpha value is -2.57. The average molecular weight is 246 g/mol. The number of primary amides is 1. The van der Waals surface area contributed by atoms with Crippen molar-refractivity contribution in [2.24, 2.45) is 5.73 Å². The number of H-pyrrole nitrogens is 1. The van der Waals surface area contributed by atoms with Gasteiger partial charge in [-0.1, -0.05) is 0 Å². The van der Waals surface area contributed by atoms with Gasteiger partial charge in [-0.05, 0) is 18.2 Å². The van der Waals surface area contributed by atoms with Crippen LogP contribution in [0.2, 0.25) is 0 Å². The molecule has 2 rings (SSSR count). The Morgan fingerprint density at radius 1 is 1.44 bits per heavy atom. The molecule has 1 amide bonds. The molecule has 0 atom stereocenters. The minimum absolute atomic E-state index is 0.397. The lowest BCUT2D eigenvalue weighted by atomic mass is 10.1. The van der Waals surface area contributed by atoms with Crippen LogP contribution in [0.25, 0.3) is 0 Å². The minimum Gasteiger partial charge on any atom is -0.397 e. The van der Waals surface area contributed by atoms with Gasteiger partial charge in [-0.2, -0.15) is 5.10 Å². The van der Waals surface area contributed by atoms with Gasteiger partial charge < -0.3 is 16.8 Å². The lowest BCUT2D eigenvalue weighted by molar-refractivity contribution is 0.100. The van der Waals surface area contributed by atoms with E-state index < -0.39 is 5.91 Å². The molecule has 1 heterocycles. The highest BCUT2D eigenvalue weighted by atomic mass is 16.1. The number of nitrogens with two attached hydrogens (primary N) is 2.